The van der Waals surface area contributed by atoms with E-state index in [1.807, 2.05) is 19.1 Å². The van der Waals surface area contributed by atoms with Crippen LogP contribution in [-0.4, -0.2) is 6.10 Å². The highest BCUT2D eigenvalue weighted by Gasteiger charge is 2.22. The number of hydrogen-bond acceptors (Lipinski definition) is 1. The van der Waals surface area contributed by atoms with E-state index in [1.165, 1.54) is 6.08 Å². The Morgan fingerprint density at radius 2 is 2.40 bits per heavy atom. The molecule has 15 heavy (non-hydrogen) atoms. The lowest BCUT2D eigenvalue weighted by molar-refractivity contribution is 0.255. The quantitative estimate of drug-likeness (QED) is 0.747. The third-order valence-corrected chi connectivity index (χ3v) is 2.73. The third kappa shape index (κ3) is 2.15. The van der Waals surface area contributed by atoms with Gasteiger partial charge in [0.15, 0.2) is 0 Å². The van der Waals surface area contributed by atoms with Gasteiger partial charge >= 0.3 is 0 Å². The molecule has 1 heterocycles. The van der Waals surface area contributed by atoms with Crippen LogP contribution in [0.2, 0.25) is 5.02 Å². The van der Waals surface area contributed by atoms with Gasteiger partial charge in [0.2, 0.25) is 0 Å². The molecule has 1 aromatic carbocycles. The third-order valence-electron chi connectivity index (χ3n) is 2.45. The van der Waals surface area contributed by atoms with Crippen LogP contribution in [0.4, 0.5) is 4.39 Å². The first-order valence-corrected chi connectivity index (χ1v) is 5.31. The topological polar surface area (TPSA) is 9.23 Å². The number of halogens is 2. The molecule has 1 unspecified atom stereocenters. The van der Waals surface area contributed by atoms with E-state index < -0.39 is 0 Å². The number of allylic oxidation sites excluding steroid dienone is 1. The summed E-state index contributed by atoms with van der Waals surface area (Å²) in [5.74, 6) is 0.789. The zero-order valence-electron chi connectivity index (χ0n) is 8.47. The van der Waals surface area contributed by atoms with Crippen molar-refractivity contribution < 1.29 is 9.13 Å². The van der Waals surface area contributed by atoms with Crippen molar-refractivity contribution in [1.29, 1.82) is 0 Å². The van der Waals surface area contributed by atoms with Crippen molar-refractivity contribution >= 4 is 11.6 Å². The van der Waals surface area contributed by atoms with Gasteiger partial charge in [-0.15, -0.1) is 0 Å². The van der Waals surface area contributed by atoms with Gasteiger partial charge in [-0.2, -0.15) is 0 Å². The summed E-state index contributed by atoms with van der Waals surface area (Å²) in [6.45, 7) is 2.01. The fraction of sp³-hybridized carbons (Fsp3) is 0.333. The van der Waals surface area contributed by atoms with Crippen LogP contribution in [0.25, 0.3) is 0 Å². The van der Waals surface area contributed by atoms with Gasteiger partial charge in [-0.25, -0.2) is 4.39 Å². The minimum absolute atomic E-state index is 0.185. The Morgan fingerprint density at radius 3 is 3.13 bits per heavy atom. The van der Waals surface area contributed by atoms with Crippen LogP contribution in [-0.2, 0) is 12.8 Å². The molecule has 1 atom stereocenters. The first kappa shape index (κ1) is 10.5. The summed E-state index contributed by atoms with van der Waals surface area (Å²) in [4.78, 5) is 0. The molecule has 0 radical (unpaired) electrons. The molecule has 0 amide bonds. The lowest BCUT2D eigenvalue weighted by Gasteiger charge is -2.05. The maximum Gasteiger partial charge on any atom is 0.141 e. The molecule has 1 aliphatic rings. The van der Waals surface area contributed by atoms with E-state index in [0.29, 0.717) is 17.8 Å². The van der Waals surface area contributed by atoms with Crippen LogP contribution in [0.1, 0.15) is 18.1 Å². The molecule has 0 spiro atoms. The minimum atomic E-state index is 0.185. The predicted octanol–water partition coefficient (Wildman–Crippen LogP) is 3.69. The van der Waals surface area contributed by atoms with Crippen molar-refractivity contribution in [2.75, 3.05) is 0 Å². The van der Waals surface area contributed by atoms with Gasteiger partial charge in [0.1, 0.15) is 11.9 Å². The van der Waals surface area contributed by atoms with Crippen molar-refractivity contribution in [2.45, 2.75) is 25.9 Å². The molecule has 0 aromatic heterocycles. The van der Waals surface area contributed by atoms with Gasteiger partial charge in [0.05, 0.1) is 11.4 Å². The van der Waals surface area contributed by atoms with E-state index in [4.69, 9.17) is 16.3 Å². The largest absolute Gasteiger partial charge is 0.489 e. The monoisotopic (exact) mass is 226 g/mol. The normalized spacial score (nSPS) is 19.3. The Hall–Kier alpha value is -1.02. The highest BCUT2D eigenvalue weighted by atomic mass is 35.5. The van der Waals surface area contributed by atoms with E-state index in [-0.39, 0.29) is 6.10 Å². The Morgan fingerprint density at radius 1 is 1.60 bits per heavy atom. The summed E-state index contributed by atoms with van der Waals surface area (Å²) < 4.78 is 17.5. The van der Waals surface area contributed by atoms with Crippen molar-refractivity contribution in [3.8, 4) is 5.75 Å². The summed E-state index contributed by atoms with van der Waals surface area (Å²) in [6, 6.07) is 3.86. The molecule has 1 nitrogen and oxygen atoms in total. The van der Waals surface area contributed by atoms with E-state index in [9.17, 15) is 4.39 Å². The average molecular weight is 227 g/mol. The van der Waals surface area contributed by atoms with Crippen LogP contribution in [0.3, 0.4) is 0 Å². The molecule has 0 bridgehead atoms. The number of ether oxygens (including phenoxy) is 1. The fourth-order valence-electron chi connectivity index (χ4n) is 1.85. The lowest BCUT2D eigenvalue weighted by atomic mass is 10.0. The summed E-state index contributed by atoms with van der Waals surface area (Å²) in [7, 11) is 0. The molecule has 1 aromatic rings. The number of hydrogen-bond donors (Lipinski definition) is 0. The molecule has 80 valence electrons. The Bertz CT molecular complexity index is 401. The molecule has 3 heteroatoms. The molecular weight excluding hydrogens is 215 g/mol. The van der Waals surface area contributed by atoms with E-state index in [0.717, 1.165) is 23.3 Å². The average Bonchev–Trinajstić information content (AvgIpc) is 2.56. The maximum atomic E-state index is 11.9. The van der Waals surface area contributed by atoms with Crippen LogP contribution >= 0.6 is 11.6 Å². The Kier molecular flexibility index (Phi) is 2.96. The zero-order chi connectivity index (χ0) is 10.8. The van der Waals surface area contributed by atoms with Crippen LogP contribution in [0, 0.1) is 0 Å². The molecule has 2 rings (SSSR count). The molecule has 0 saturated heterocycles. The highest BCUT2D eigenvalue weighted by molar-refractivity contribution is 6.32. The zero-order valence-corrected chi connectivity index (χ0v) is 9.22. The molecular formula is C12H12ClFO. The van der Waals surface area contributed by atoms with Crippen LogP contribution < -0.4 is 4.74 Å². The standard InChI is InChI=1S/C12H12ClFO/c1-8-5-10-6-9(3-2-4-14)7-11(13)12(10)15-8/h2,4,6-8H,3,5H2,1H3/b4-2+. The second kappa shape index (κ2) is 4.23. The fourth-order valence-corrected chi connectivity index (χ4v) is 2.15. The van der Waals surface area contributed by atoms with Crippen molar-refractivity contribution in [3.63, 3.8) is 0 Å². The Balaban J connectivity index is 2.31. The molecule has 0 saturated carbocycles. The number of rotatable bonds is 2. The van der Waals surface area contributed by atoms with Crippen molar-refractivity contribution in [1.82, 2.24) is 0 Å². The second-order valence-electron chi connectivity index (χ2n) is 3.76. The number of fused-ring (bicyclic) bond motifs is 1. The van der Waals surface area contributed by atoms with Gasteiger partial charge in [0.25, 0.3) is 0 Å². The summed E-state index contributed by atoms with van der Waals surface area (Å²) in [5, 5.41) is 0.624. The summed E-state index contributed by atoms with van der Waals surface area (Å²) in [5.41, 5.74) is 2.14. The van der Waals surface area contributed by atoms with Gasteiger partial charge in [0, 0.05) is 6.42 Å². The second-order valence-corrected chi connectivity index (χ2v) is 4.17. The van der Waals surface area contributed by atoms with Gasteiger partial charge in [-0.1, -0.05) is 23.7 Å². The minimum Gasteiger partial charge on any atom is -0.489 e. The highest BCUT2D eigenvalue weighted by Crippen LogP contribution is 2.36. The van der Waals surface area contributed by atoms with Gasteiger partial charge in [-0.3, -0.25) is 0 Å². The van der Waals surface area contributed by atoms with Crippen LogP contribution in [0.15, 0.2) is 24.5 Å². The van der Waals surface area contributed by atoms with E-state index in [2.05, 4.69) is 0 Å². The first-order chi connectivity index (χ1) is 7.20. The van der Waals surface area contributed by atoms with E-state index >= 15 is 0 Å². The lowest BCUT2D eigenvalue weighted by Crippen LogP contribution is -2.05. The van der Waals surface area contributed by atoms with Gasteiger partial charge < -0.3 is 4.74 Å². The molecule has 0 fully saturated rings. The Labute approximate surface area is 93.5 Å². The first-order valence-electron chi connectivity index (χ1n) is 4.94. The molecule has 0 aliphatic carbocycles. The SMILES string of the molecule is CC1Cc2cc(C/C=C/F)cc(Cl)c2O1. The maximum absolute atomic E-state index is 11.9. The van der Waals surface area contributed by atoms with E-state index in [1.54, 1.807) is 0 Å². The van der Waals surface area contributed by atoms with Crippen molar-refractivity contribution in [3.05, 3.63) is 40.7 Å². The molecule has 0 N–H and O–H groups in total. The summed E-state index contributed by atoms with van der Waals surface area (Å²) in [6.07, 6.45) is 3.65. The van der Waals surface area contributed by atoms with Crippen molar-refractivity contribution in [2.24, 2.45) is 0 Å². The molecule has 1 aliphatic heterocycles. The number of benzene rings is 1. The summed E-state index contributed by atoms with van der Waals surface area (Å²) >= 11 is 6.08. The van der Waals surface area contributed by atoms with Crippen LogP contribution in [0.5, 0.6) is 5.75 Å². The predicted molar refractivity (Wildman–Crippen MR) is 59.2 cm³/mol. The smallest absolute Gasteiger partial charge is 0.141 e. The van der Waals surface area contributed by atoms with Gasteiger partial charge in [-0.05, 0) is 30.5 Å².